The predicted molar refractivity (Wildman–Crippen MR) is 112 cm³/mol. The Bertz CT molecular complexity index is 1250. The van der Waals surface area contributed by atoms with Crippen molar-refractivity contribution < 1.29 is 35.3 Å². The van der Waals surface area contributed by atoms with Crippen LogP contribution in [0.1, 0.15) is 52.9 Å². The zero-order chi connectivity index (χ0) is 23.7. The van der Waals surface area contributed by atoms with Gasteiger partial charge in [0.2, 0.25) is 0 Å². The molecule has 0 heterocycles. The molecule has 0 radical (unpaired) electrons. The van der Waals surface area contributed by atoms with Gasteiger partial charge in [-0.3, -0.25) is 0 Å². The van der Waals surface area contributed by atoms with Crippen LogP contribution in [-0.4, -0.2) is 27.0 Å². The molecule has 0 atom stereocenters. The maximum atomic E-state index is 12.8. The lowest BCUT2D eigenvalue weighted by Crippen LogP contribution is -2.27. The normalized spacial score (nSPS) is 15.0. The molecule has 0 aliphatic heterocycles. The molecule has 0 amide bonds. The summed E-state index contributed by atoms with van der Waals surface area (Å²) in [5, 5.41) is 0. The van der Waals surface area contributed by atoms with Crippen molar-refractivity contribution in [2.75, 3.05) is 7.11 Å². The van der Waals surface area contributed by atoms with E-state index in [1.54, 1.807) is 36.4 Å². The summed E-state index contributed by atoms with van der Waals surface area (Å²) in [5.74, 6) is 4.94. The molecule has 1 aliphatic rings. The van der Waals surface area contributed by atoms with Crippen molar-refractivity contribution in [1.29, 1.82) is 0 Å². The van der Waals surface area contributed by atoms with Gasteiger partial charge in [-0.25, -0.2) is 4.79 Å². The van der Waals surface area contributed by atoms with Crippen LogP contribution in [0.25, 0.3) is 5.76 Å². The van der Waals surface area contributed by atoms with Gasteiger partial charge in [-0.2, -0.15) is 21.6 Å². The summed E-state index contributed by atoms with van der Waals surface area (Å²) in [6.07, 6.45) is 1.65. The second-order valence-electron chi connectivity index (χ2n) is 7.72. The Labute approximate surface area is 184 Å². The minimum absolute atomic E-state index is 0.238. The quantitative estimate of drug-likeness (QED) is 0.284. The minimum atomic E-state index is -5.80. The van der Waals surface area contributed by atoms with Crippen molar-refractivity contribution >= 4 is 21.8 Å². The lowest BCUT2D eigenvalue weighted by Gasteiger charge is -2.31. The fourth-order valence-corrected chi connectivity index (χ4v) is 3.67. The molecule has 0 fully saturated rings. The van der Waals surface area contributed by atoms with Crippen molar-refractivity contribution in [1.82, 2.24) is 0 Å². The van der Waals surface area contributed by atoms with Crippen LogP contribution < -0.4 is 0 Å². The molecule has 0 aromatic heterocycles. The highest BCUT2D eigenvalue weighted by molar-refractivity contribution is 7.87. The molecule has 0 saturated carbocycles. The van der Waals surface area contributed by atoms with E-state index in [1.165, 1.54) is 19.3 Å². The van der Waals surface area contributed by atoms with Gasteiger partial charge in [0, 0.05) is 16.7 Å². The molecule has 2 aromatic carbocycles. The van der Waals surface area contributed by atoms with Gasteiger partial charge in [0.1, 0.15) is 5.76 Å². The molecule has 0 N–H and O–H groups in total. The van der Waals surface area contributed by atoms with E-state index in [0.717, 1.165) is 0 Å². The summed E-state index contributed by atoms with van der Waals surface area (Å²) in [5.41, 5.74) is -3.65. The van der Waals surface area contributed by atoms with Crippen LogP contribution >= 0.6 is 0 Å². The summed E-state index contributed by atoms with van der Waals surface area (Å²) in [6, 6.07) is 11.3. The number of carbonyl (C=O) groups is 1. The van der Waals surface area contributed by atoms with Gasteiger partial charge >= 0.3 is 21.6 Å². The average Bonchev–Trinajstić information content (AvgIpc) is 2.73. The first-order chi connectivity index (χ1) is 14.8. The first kappa shape index (κ1) is 23.4. The van der Waals surface area contributed by atoms with Crippen LogP contribution in [0.2, 0.25) is 0 Å². The Morgan fingerprint density at radius 2 is 1.62 bits per heavy atom. The van der Waals surface area contributed by atoms with Gasteiger partial charge in [-0.05, 0) is 59.9 Å². The Morgan fingerprint density at radius 1 is 1.03 bits per heavy atom. The molecule has 0 unspecified atom stereocenters. The number of alkyl halides is 3. The molecule has 168 valence electrons. The molecule has 0 saturated heterocycles. The van der Waals surface area contributed by atoms with Crippen LogP contribution in [0, 0.1) is 11.8 Å². The van der Waals surface area contributed by atoms with Gasteiger partial charge in [0.15, 0.2) is 0 Å². The lowest BCUT2D eigenvalue weighted by atomic mass is 9.75. The van der Waals surface area contributed by atoms with Crippen LogP contribution in [0.3, 0.4) is 0 Å². The molecule has 32 heavy (non-hydrogen) atoms. The number of benzene rings is 2. The molecule has 0 bridgehead atoms. The number of ether oxygens (including phenoxy) is 1. The standard InChI is InChI=1S/C23H19F3O5S/c1-22(2)13-12-20(31-32(28,29)23(24,25)26)18-14-16(8-11-19(18)22)5-4-15-6-9-17(10-7-15)21(27)30-3/h6-12,14H,13H2,1-3H3. The lowest BCUT2D eigenvalue weighted by molar-refractivity contribution is -0.0509. The maximum absolute atomic E-state index is 12.8. The van der Waals surface area contributed by atoms with E-state index < -0.39 is 27.0 Å². The van der Waals surface area contributed by atoms with E-state index in [0.29, 0.717) is 28.7 Å². The third kappa shape index (κ3) is 4.81. The van der Waals surface area contributed by atoms with Gasteiger partial charge in [0.25, 0.3) is 0 Å². The third-order valence-corrected chi connectivity index (χ3v) is 5.92. The second kappa shape index (κ2) is 8.36. The van der Waals surface area contributed by atoms with E-state index in [1.807, 2.05) is 13.8 Å². The summed E-state index contributed by atoms with van der Waals surface area (Å²) in [4.78, 5) is 11.5. The largest absolute Gasteiger partial charge is 0.534 e. The van der Waals surface area contributed by atoms with Crippen molar-refractivity contribution in [3.05, 3.63) is 76.4 Å². The molecule has 0 spiro atoms. The first-order valence-corrected chi connectivity index (χ1v) is 10.8. The van der Waals surface area contributed by atoms with E-state index in [2.05, 4.69) is 20.8 Å². The zero-order valence-electron chi connectivity index (χ0n) is 17.4. The number of hydrogen-bond acceptors (Lipinski definition) is 5. The zero-order valence-corrected chi connectivity index (χ0v) is 18.2. The van der Waals surface area contributed by atoms with Crippen LogP contribution in [0.4, 0.5) is 13.2 Å². The van der Waals surface area contributed by atoms with Crippen LogP contribution in [0.15, 0.2) is 48.5 Å². The number of rotatable bonds is 3. The van der Waals surface area contributed by atoms with E-state index in [4.69, 9.17) is 0 Å². The van der Waals surface area contributed by atoms with Gasteiger partial charge in [-0.15, -0.1) is 0 Å². The minimum Gasteiger partial charge on any atom is -0.465 e. The highest BCUT2D eigenvalue weighted by Crippen LogP contribution is 2.41. The van der Waals surface area contributed by atoms with Crippen molar-refractivity contribution in [2.45, 2.75) is 31.2 Å². The molecule has 9 heteroatoms. The third-order valence-electron chi connectivity index (χ3n) is 4.95. The topological polar surface area (TPSA) is 69.7 Å². The van der Waals surface area contributed by atoms with Gasteiger partial charge in [-0.1, -0.05) is 31.8 Å². The summed E-state index contributed by atoms with van der Waals surface area (Å²) in [7, 11) is -4.52. The second-order valence-corrected chi connectivity index (χ2v) is 9.26. The van der Waals surface area contributed by atoms with Crippen molar-refractivity contribution in [3.8, 4) is 11.8 Å². The molecular formula is C23H19F3O5S. The summed E-state index contributed by atoms with van der Waals surface area (Å²) in [6.45, 7) is 3.79. The van der Waals surface area contributed by atoms with Gasteiger partial charge < -0.3 is 8.92 Å². The number of allylic oxidation sites excluding steroid dienone is 1. The van der Waals surface area contributed by atoms with Crippen LogP contribution in [-0.2, 0) is 24.5 Å². The summed E-state index contributed by atoms with van der Waals surface area (Å²) < 4.78 is 70.6. The number of fused-ring (bicyclic) bond motifs is 1. The molecule has 2 aromatic rings. The SMILES string of the molecule is COC(=O)c1ccc(C#Cc2ccc3c(c2)C(OS(=O)(=O)C(F)(F)F)=CCC3(C)C)cc1. The van der Waals surface area contributed by atoms with Crippen molar-refractivity contribution in [3.63, 3.8) is 0 Å². The number of hydrogen-bond donors (Lipinski definition) is 0. The Hall–Kier alpha value is -3.25. The maximum Gasteiger partial charge on any atom is 0.534 e. The molecule has 3 rings (SSSR count). The number of halogens is 3. The smallest absolute Gasteiger partial charge is 0.465 e. The van der Waals surface area contributed by atoms with E-state index >= 15 is 0 Å². The monoisotopic (exact) mass is 464 g/mol. The number of methoxy groups -OCH3 is 1. The number of carbonyl (C=O) groups excluding carboxylic acids is 1. The molecular weight excluding hydrogens is 445 g/mol. The number of esters is 1. The van der Waals surface area contributed by atoms with E-state index in [9.17, 15) is 26.4 Å². The Balaban J connectivity index is 1.96. The van der Waals surface area contributed by atoms with Gasteiger partial charge in [0.05, 0.1) is 12.7 Å². The first-order valence-electron chi connectivity index (χ1n) is 9.40. The average molecular weight is 464 g/mol. The fraction of sp³-hybridized carbons (Fsp3) is 0.261. The molecule has 5 nitrogen and oxygen atoms in total. The predicted octanol–water partition coefficient (Wildman–Crippen LogP) is 4.76. The highest BCUT2D eigenvalue weighted by atomic mass is 32.2. The molecule has 1 aliphatic carbocycles. The Morgan fingerprint density at radius 3 is 2.22 bits per heavy atom. The Kier molecular flexibility index (Phi) is 6.11. The summed E-state index contributed by atoms with van der Waals surface area (Å²) >= 11 is 0. The fourth-order valence-electron chi connectivity index (χ4n) is 3.18. The van der Waals surface area contributed by atoms with Crippen LogP contribution in [0.5, 0.6) is 0 Å². The van der Waals surface area contributed by atoms with Crippen molar-refractivity contribution in [2.24, 2.45) is 0 Å². The van der Waals surface area contributed by atoms with E-state index in [-0.39, 0.29) is 11.3 Å². The highest BCUT2D eigenvalue weighted by Gasteiger charge is 2.49.